The van der Waals surface area contributed by atoms with Crippen molar-refractivity contribution in [2.24, 2.45) is 0 Å². The Morgan fingerprint density at radius 2 is 1.69 bits per heavy atom. The lowest BCUT2D eigenvalue weighted by atomic mass is 10.1. The summed E-state index contributed by atoms with van der Waals surface area (Å²) in [5.74, 6) is 1.14. The number of amides is 1. The van der Waals surface area contributed by atoms with Crippen molar-refractivity contribution in [3.8, 4) is 17.2 Å². The van der Waals surface area contributed by atoms with Crippen LogP contribution in [-0.2, 0) is 6.42 Å². The van der Waals surface area contributed by atoms with E-state index in [-0.39, 0.29) is 5.91 Å². The number of halogens is 1. The van der Waals surface area contributed by atoms with Gasteiger partial charge in [0.2, 0.25) is 10.9 Å². The second-order valence-corrected chi connectivity index (χ2v) is 6.85. The molecule has 0 aliphatic heterocycles. The van der Waals surface area contributed by atoms with Crippen molar-refractivity contribution in [3.05, 3.63) is 22.7 Å². The number of rotatable bonds is 10. The number of hydrogen-bond acceptors (Lipinski definition) is 7. The molecule has 1 N–H and O–H groups in total. The summed E-state index contributed by atoms with van der Waals surface area (Å²) in [7, 11) is 0. The molecule has 0 bridgehead atoms. The molecule has 26 heavy (non-hydrogen) atoms. The molecule has 1 aromatic carbocycles. The minimum atomic E-state index is -0.309. The van der Waals surface area contributed by atoms with E-state index in [9.17, 15) is 4.79 Å². The summed E-state index contributed by atoms with van der Waals surface area (Å²) < 4.78 is 16.9. The van der Waals surface area contributed by atoms with Gasteiger partial charge in [-0.25, -0.2) is 0 Å². The van der Waals surface area contributed by atoms with E-state index in [1.165, 1.54) is 11.3 Å². The molecule has 2 rings (SSSR count). The predicted molar refractivity (Wildman–Crippen MR) is 105 cm³/mol. The Hall–Kier alpha value is -1.87. The molecule has 7 nitrogen and oxygen atoms in total. The number of nitrogens with one attached hydrogen (secondary N) is 1. The molecule has 0 aliphatic rings. The molecule has 0 radical (unpaired) electrons. The molecule has 0 spiro atoms. The van der Waals surface area contributed by atoms with Gasteiger partial charge in [0.15, 0.2) is 11.5 Å². The van der Waals surface area contributed by atoms with E-state index in [2.05, 4.69) is 31.4 Å². The second-order valence-electron chi connectivity index (χ2n) is 4.99. The number of alkyl halides is 1. The third-order valence-corrected chi connectivity index (χ3v) is 4.46. The molecule has 2 aromatic rings. The summed E-state index contributed by atoms with van der Waals surface area (Å²) in [6.45, 7) is 6.98. The van der Waals surface area contributed by atoms with Crippen molar-refractivity contribution >= 4 is 38.3 Å². The number of carbonyl (C=O) groups excluding carboxylic acids is 1. The molecule has 9 heteroatoms. The zero-order valence-corrected chi connectivity index (χ0v) is 17.4. The standard InChI is InChI=1S/C17H22BrN3O4S/c1-4-23-12-9-11(10-13(24-5-2)15(12)25-6-3)16(22)19-17-21-20-14(26-17)7-8-18/h9-10H,4-8H2,1-3H3,(H,19,21,22). The molecule has 142 valence electrons. The molecular weight excluding hydrogens is 422 g/mol. The fourth-order valence-electron chi connectivity index (χ4n) is 2.18. The van der Waals surface area contributed by atoms with Gasteiger partial charge in [-0.2, -0.15) is 0 Å². The Bertz CT molecular complexity index is 712. The highest BCUT2D eigenvalue weighted by Gasteiger charge is 2.19. The van der Waals surface area contributed by atoms with Crippen molar-refractivity contribution in [2.75, 3.05) is 30.5 Å². The molecule has 1 heterocycles. The van der Waals surface area contributed by atoms with E-state index >= 15 is 0 Å². The van der Waals surface area contributed by atoms with Gasteiger partial charge < -0.3 is 14.2 Å². The van der Waals surface area contributed by atoms with E-state index < -0.39 is 0 Å². The maximum absolute atomic E-state index is 12.6. The van der Waals surface area contributed by atoms with Crippen LogP contribution in [0.3, 0.4) is 0 Å². The van der Waals surface area contributed by atoms with E-state index in [1.54, 1.807) is 12.1 Å². The zero-order chi connectivity index (χ0) is 18.9. The van der Waals surface area contributed by atoms with Crippen LogP contribution in [0.1, 0.15) is 36.1 Å². The molecule has 1 amide bonds. The lowest BCUT2D eigenvalue weighted by molar-refractivity contribution is 0.102. The molecule has 0 saturated heterocycles. The highest BCUT2D eigenvalue weighted by molar-refractivity contribution is 9.09. The van der Waals surface area contributed by atoms with Crippen LogP contribution in [0.4, 0.5) is 5.13 Å². The van der Waals surface area contributed by atoms with E-state index in [1.807, 2.05) is 20.8 Å². The van der Waals surface area contributed by atoms with Gasteiger partial charge in [-0.15, -0.1) is 10.2 Å². The summed E-state index contributed by atoms with van der Waals surface area (Å²) in [6.07, 6.45) is 0.763. The van der Waals surface area contributed by atoms with E-state index in [0.717, 1.165) is 16.8 Å². The number of aromatic nitrogens is 2. The third-order valence-electron chi connectivity index (χ3n) is 3.17. The van der Waals surface area contributed by atoms with Gasteiger partial charge in [0.25, 0.3) is 5.91 Å². The number of hydrogen-bond donors (Lipinski definition) is 1. The van der Waals surface area contributed by atoms with Crippen LogP contribution in [0.2, 0.25) is 0 Å². The first-order chi connectivity index (χ1) is 12.6. The topological polar surface area (TPSA) is 82.6 Å². The Kier molecular flexibility index (Phi) is 8.11. The number of ether oxygens (including phenoxy) is 3. The summed E-state index contributed by atoms with van der Waals surface area (Å²) in [5.41, 5.74) is 0.401. The fourth-order valence-corrected chi connectivity index (χ4v) is 3.55. The smallest absolute Gasteiger partial charge is 0.257 e. The number of aryl methyl sites for hydroxylation is 1. The van der Waals surface area contributed by atoms with Crippen molar-refractivity contribution in [2.45, 2.75) is 27.2 Å². The van der Waals surface area contributed by atoms with Crippen molar-refractivity contribution < 1.29 is 19.0 Å². The van der Waals surface area contributed by atoms with Crippen LogP contribution < -0.4 is 19.5 Å². The zero-order valence-electron chi connectivity index (χ0n) is 15.0. The Balaban J connectivity index is 2.29. The SMILES string of the molecule is CCOc1cc(C(=O)Nc2nnc(CCBr)s2)cc(OCC)c1OCC. The first-order valence-corrected chi connectivity index (χ1v) is 10.3. The minimum absolute atomic E-state index is 0.309. The molecule has 0 fully saturated rings. The van der Waals surface area contributed by atoms with Gasteiger partial charge in [-0.3, -0.25) is 10.1 Å². The maximum Gasteiger partial charge on any atom is 0.257 e. The molecule has 0 atom stereocenters. The van der Waals surface area contributed by atoms with E-state index in [4.69, 9.17) is 14.2 Å². The van der Waals surface area contributed by atoms with Crippen LogP contribution in [-0.4, -0.2) is 41.3 Å². The summed E-state index contributed by atoms with van der Waals surface area (Å²) in [5, 5.41) is 12.9. The van der Waals surface area contributed by atoms with Crippen molar-refractivity contribution in [1.29, 1.82) is 0 Å². The number of carbonyl (C=O) groups is 1. The minimum Gasteiger partial charge on any atom is -0.490 e. The van der Waals surface area contributed by atoms with Crippen LogP contribution in [0.5, 0.6) is 17.2 Å². The molecular formula is C17H22BrN3O4S. The monoisotopic (exact) mass is 443 g/mol. The first kappa shape index (κ1) is 20.4. The molecule has 0 aliphatic carbocycles. The van der Waals surface area contributed by atoms with Crippen LogP contribution >= 0.6 is 27.3 Å². The third kappa shape index (κ3) is 5.31. The van der Waals surface area contributed by atoms with Gasteiger partial charge in [0.1, 0.15) is 5.01 Å². The van der Waals surface area contributed by atoms with Gasteiger partial charge in [-0.1, -0.05) is 27.3 Å². The molecule has 1 aromatic heterocycles. The number of nitrogens with zero attached hydrogens (tertiary/aromatic N) is 2. The molecule has 0 unspecified atom stereocenters. The highest BCUT2D eigenvalue weighted by atomic mass is 79.9. The number of benzene rings is 1. The largest absolute Gasteiger partial charge is 0.490 e. The summed E-state index contributed by atoms with van der Waals surface area (Å²) >= 11 is 4.71. The van der Waals surface area contributed by atoms with Crippen molar-refractivity contribution in [1.82, 2.24) is 10.2 Å². The van der Waals surface area contributed by atoms with Crippen LogP contribution in [0.25, 0.3) is 0 Å². The lowest BCUT2D eigenvalue weighted by Gasteiger charge is -2.16. The number of anilines is 1. The fraction of sp³-hybridized carbons (Fsp3) is 0.471. The van der Waals surface area contributed by atoms with E-state index in [0.29, 0.717) is 47.8 Å². The molecule has 0 saturated carbocycles. The maximum atomic E-state index is 12.6. The second kappa shape index (κ2) is 10.3. The Labute approximate surface area is 165 Å². The Morgan fingerprint density at radius 1 is 1.08 bits per heavy atom. The highest BCUT2D eigenvalue weighted by Crippen LogP contribution is 2.39. The van der Waals surface area contributed by atoms with Gasteiger partial charge in [-0.05, 0) is 32.9 Å². The van der Waals surface area contributed by atoms with Crippen molar-refractivity contribution in [3.63, 3.8) is 0 Å². The summed E-state index contributed by atoms with van der Waals surface area (Å²) in [6, 6.07) is 3.29. The Morgan fingerprint density at radius 3 is 2.23 bits per heavy atom. The first-order valence-electron chi connectivity index (χ1n) is 8.38. The van der Waals surface area contributed by atoms with Gasteiger partial charge in [0.05, 0.1) is 19.8 Å². The average molecular weight is 444 g/mol. The normalized spacial score (nSPS) is 10.5. The van der Waals surface area contributed by atoms with Crippen LogP contribution in [0.15, 0.2) is 12.1 Å². The average Bonchev–Trinajstić information content (AvgIpc) is 3.05. The van der Waals surface area contributed by atoms with Gasteiger partial charge in [0, 0.05) is 17.3 Å². The predicted octanol–water partition coefficient (Wildman–Crippen LogP) is 3.92. The van der Waals surface area contributed by atoms with Crippen LogP contribution in [0, 0.1) is 0 Å². The summed E-state index contributed by atoms with van der Waals surface area (Å²) in [4.78, 5) is 12.6. The quantitative estimate of drug-likeness (QED) is 0.560. The lowest BCUT2D eigenvalue weighted by Crippen LogP contribution is -2.13. The van der Waals surface area contributed by atoms with Gasteiger partial charge >= 0.3 is 0 Å².